The van der Waals surface area contributed by atoms with Gasteiger partial charge < -0.3 is 13.9 Å². The molecular formula is C13H14O4. The normalized spacial score (nSPS) is 10.5. The quantitative estimate of drug-likeness (QED) is 0.766. The second-order valence-corrected chi connectivity index (χ2v) is 3.64. The fraction of sp³-hybridized carbons (Fsp3) is 0.308. The van der Waals surface area contributed by atoms with Gasteiger partial charge in [0, 0.05) is 10.9 Å². The van der Waals surface area contributed by atoms with Gasteiger partial charge in [0.05, 0.1) is 13.7 Å². The third-order valence-corrected chi connectivity index (χ3v) is 2.58. The molecule has 0 aliphatic rings. The Morgan fingerprint density at radius 1 is 1.41 bits per heavy atom. The van der Waals surface area contributed by atoms with Crippen molar-refractivity contribution in [1.29, 1.82) is 0 Å². The predicted octanol–water partition coefficient (Wildman–Crippen LogP) is 2.93. The van der Waals surface area contributed by atoms with Gasteiger partial charge in [-0.3, -0.25) is 0 Å². The highest BCUT2D eigenvalue weighted by molar-refractivity contribution is 5.94. The van der Waals surface area contributed by atoms with E-state index in [1.54, 1.807) is 20.1 Å². The summed E-state index contributed by atoms with van der Waals surface area (Å²) in [5.74, 6) is 0.516. The Hall–Kier alpha value is -1.97. The maximum atomic E-state index is 11.5. The van der Waals surface area contributed by atoms with Crippen molar-refractivity contribution in [1.82, 2.24) is 0 Å². The van der Waals surface area contributed by atoms with Crippen LogP contribution >= 0.6 is 0 Å². The molecule has 1 aromatic heterocycles. The summed E-state index contributed by atoms with van der Waals surface area (Å²) in [6.45, 7) is 3.98. The summed E-state index contributed by atoms with van der Waals surface area (Å²) >= 11 is 0. The Morgan fingerprint density at radius 2 is 2.18 bits per heavy atom. The SMILES string of the molecule is CCOC(=O)c1cc2ccc(OC)c(C)c2o1. The van der Waals surface area contributed by atoms with Crippen molar-refractivity contribution in [2.24, 2.45) is 0 Å². The van der Waals surface area contributed by atoms with Gasteiger partial charge in [0.25, 0.3) is 0 Å². The number of benzene rings is 1. The third-order valence-electron chi connectivity index (χ3n) is 2.58. The highest BCUT2D eigenvalue weighted by Crippen LogP contribution is 2.29. The van der Waals surface area contributed by atoms with Crippen molar-refractivity contribution in [2.45, 2.75) is 13.8 Å². The van der Waals surface area contributed by atoms with Gasteiger partial charge in [-0.05, 0) is 32.0 Å². The van der Waals surface area contributed by atoms with E-state index in [1.807, 2.05) is 19.1 Å². The first-order valence-electron chi connectivity index (χ1n) is 5.41. The monoisotopic (exact) mass is 234 g/mol. The Balaban J connectivity index is 2.50. The summed E-state index contributed by atoms with van der Waals surface area (Å²) in [5.41, 5.74) is 1.54. The zero-order valence-corrected chi connectivity index (χ0v) is 10.1. The van der Waals surface area contributed by atoms with E-state index >= 15 is 0 Å². The summed E-state index contributed by atoms with van der Waals surface area (Å²) in [6.07, 6.45) is 0. The van der Waals surface area contributed by atoms with E-state index in [9.17, 15) is 4.79 Å². The number of methoxy groups -OCH3 is 1. The number of furan rings is 1. The summed E-state index contributed by atoms with van der Waals surface area (Å²) in [6, 6.07) is 5.38. The highest BCUT2D eigenvalue weighted by Gasteiger charge is 2.15. The Morgan fingerprint density at radius 3 is 2.82 bits per heavy atom. The van der Waals surface area contributed by atoms with E-state index in [-0.39, 0.29) is 5.76 Å². The molecule has 2 rings (SSSR count). The number of aryl methyl sites for hydroxylation is 1. The molecule has 4 heteroatoms. The van der Waals surface area contributed by atoms with Gasteiger partial charge in [0.2, 0.25) is 5.76 Å². The van der Waals surface area contributed by atoms with E-state index in [0.717, 1.165) is 16.7 Å². The maximum Gasteiger partial charge on any atom is 0.374 e. The lowest BCUT2D eigenvalue weighted by molar-refractivity contribution is 0.0492. The zero-order valence-electron chi connectivity index (χ0n) is 10.1. The van der Waals surface area contributed by atoms with Crippen LogP contribution in [0.3, 0.4) is 0 Å². The van der Waals surface area contributed by atoms with E-state index in [1.165, 1.54) is 0 Å². The summed E-state index contributed by atoms with van der Waals surface area (Å²) < 4.78 is 15.6. The number of hydrogen-bond acceptors (Lipinski definition) is 4. The zero-order chi connectivity index (χ0) is 12.4. The minimum atomic E-state index is -0.443. The minimum absolute atomic E-state index is 0.221. The molecule has 0 aliphatic carbocycles. The molecule has 0 fully saturated rings. The van der Waals surface area contributed by atoms with Gasteiger partial charge in [-0.25, -0.2) is 4.79 Å². The number of carbonyl (C=O) groups is 1. The number of ether oxygens (including phenoxy) is 2. The van der Waals surface area contributed by atoms with Crippen LogP contribution in [0.1, 0.15) is 23.0 Å². The van der Waals surface area contributed by atoms with E-state index in [2.05, 4.69) is 0 Å². The van der Waals surface area contributed by atoms with Crippen molar-refractivity contribution >= 4 is 16.9 Å². The van der Waals surface area contributed by atoms with Crippen molar-refractivity contribution in [3.63, 3.8) is 0 Å². The molecule has 0 spiro atoms. The Kier molecular flexibility index (Phi) is 3.04. The summed E-state index contributed by atoms with van der Waals surface area (Å²) in [4.78, 5) is 11.5. The third kappa shape index (κ3) is 1.98. The molecule has 1 heterocycles. The van der Waals surface area contributed by atoms with Gasteiger partial charge >= 0.3 is 5.97 Å². The molecule has 0 saturated carbocycles. The van der Waals surface area contributed by atoms with Crippen molar-refractivity contribution in [2.75, 3.05) is 13.7 Å². The fourth-order valence-electron chi connectivity index (χ4n) is 1.75. The molecule has 0 aliphatic heterocycles. The van der Waals surface area contributed by atoms with Gasteiger partial charge in [-0.2, -0.15) is 0 Å². The summed E-state index contributed by atoms with van der Waals surface area (Å²) in [5, 5.41) is 0.867. The van der Waals surface area contributed by atoms with Crippen LogP contribution in [-0.2, 0) is 4.74 Å². The van der Waals surface area contributed by atoms with E-state index in [4.69, 9.17) is 13.9 Å². The van der Waals surface area contributed by atoms with Crippen LogP contribution in [0.2, 0.25) is 0 Å². The summed E-state index contributed by atoms with van der Waals surface area (Å²) in [7, 11) is 1.60. The van der Waals surface area contributed by atoms with Gasteiger partial charge in [-0.1, -0.05) is 0 Å². The molecule has 1 aromatic carbocycles. The van der Waals surface area contributed by atoms with Crippen LogP contribution in [0.15, 0.2) is 22.6 Å². The predicted molar refractivity (Wildman–Crippen MR) is 63.5 cm³/mol. The molecule has 0 N–H and O–H groups in total. The average Bonchev–Trinajstić information content (AvgIpc) is 2.75. The molecule has 0 saturated heterocycles. The van der Waals surface area contributed by atoms with Crippen LogP contribution in [0, 0.1) is 6.92 Å². The molecule has 0 radical (unpaired) electrons. The molecule has 0 atom stereocenters. The standard InChI is InChI=1S/C13H14O4/c1-4-16-13(14)11-7-9-5-6-10(15-3)8(2)12(9)17-11/h5-7H,4H2,1-3H3. The first-order chi connectivity index (χ1) is 8.17. The molecule has 17 heavy (non-hydrogen) atoms. The van der Waals surface area contributed by atoms with Crippen LogP contribution < -0.4 is 4.74 Å². The molecule has 0 bridgehead atoms. The van der Waals surface area contributed by atoms with Crippen molar-refractivity contribution in [3.8, 4) is 5.75 Å². The van der Waals surface area contributed by atoms with E-state index < -0.39 is 5.97 Å². The van der Waals surface area contributed by atoms with Crippen molar-refractivity contribution in [3.05, 3.63) is 29.5 Å². The van der Waals surface area contributed by atoms with Crippen molar-refractivity contribution < 1.29 is 18.7 Å². The lowest BCUT2D eigenvalue weighted by Gasteiger charge is -2.03. The molecule has 0 amide bonds. The molecule has 2 aromatic rings. The molecular weight excluding hydrogens is 220 g/mol. The maximum absolute atomic E-state index is 11.5. The lowest BCUT2D eigenvalue weighted by atomic mass is 10.1. The number of hydrogen-bond donors (Lipinski definition) is 0. The largest absolute Gasteiger partial charge is 0.496 e. The van der Waals surface area contributed by atoms with Gasteiger partial charge in [0.1, 0.15) is 11.3 Å². The smallest absolute Gasteiger partial charge is 0.374 e. The van der Waals surface area contributed by atoms with Gasteiger partial charge in [0.15, 0.2) is 0 Å². The second-order valence-electron chi connectivity index (χ2n) is 3.64. The van der Waals surface area contributed by atoms with Gasteiger partial charge in [-0.15, -0.1) is 0 Å². The average molecular weight is 234 g/mol. The number of fused-ring (bicyclic) bond motifs is 1. The second kappa shape index (κ2) is 4.49. The fourth-order valence-corrected chi connectivity index (χ4v) is 1.75. The number of carbonyl (C=O) groups excluding carboxylic acids is 1. The molecule has 90 valence electrons. The Labute approximate surface area is 99.1 Å². The molecule has 4 nitrogen and oxygen atoms in total. The highest BCUT2D eigenvalue weighted by atomic mass is 16.5. The van der Waals surface area contributed by atoms with Crippen LogP contribution in [-0.4, -0.2) is 19.7 Å². The van der Waals surface area contributed by atoms with Crippen LogP contribution in [0.25, 0.3) is 11.0 Å². The first kappa shape index (κ1) is 11.5. The van der Waals surface area contributed by atoms with Crippen LogP contribution in [0.4, 0.5) is 0 Å². The minimum Gasteiger partial charge on any atom is -0.496 e. The topological polar surface area (TPSA) is 48.7 Å². The Bertz CT molecular complexity index is 554. The van der Waals surface area contributed by atoms with E-state index in [0.29, 0.717) is 12.2 Å². The molecule has 0 unspecified atom stereocenters. The van der Waals surface area contributed by atoms with Crippen LogP contribution in [0.5, 0.6) is 5.75 Å². The number of rotatable bonds is 3. The lowest BCUT2D eigenvalue weighted by Crippen LogP contribution is -2.02. The first-order valence-corrected chi connectivity index (χ1v) is 5.41. The number of esters is 1.